The number of hydrogen-bond acceptors (Lipinski definition) is 3. The van der Waals surface area contributed by atoms with E-state index in [1.165, 1.54) is 0 Å². The monoisotopic (exact) mass is 249 g/mol. The lowest BCUT2D eigenvalue weighted by Crippen LogP contribution is -2.00. The van der Waals surface area contributed by atoms with Crippen LogP contribution in [0.5, 0.6) is 0 Å². The van der Waals surface area contributed by atoms with Gasteiger partial charge in [0.25, 0.3) is 0 Å². The Labute approximate surface area is 73.2 Å². The van der Waals surface area contributed by atoms with Gasteiger partial charge in [-0.2, -0.15) is 0 Å². The number of nitrogen functional groups attached to an aromatic ring is 1. The van der Waals surface area contributed by atoms with Crippen molar-refractivity contribution in [1.29, 1.82) is 0 Å². The molecule has 0 amide bonds. The first kappa shape index (κ1) is 7.71. The predicted molar refractivity (Wildman–Crippen MR) is 48.5 cm³/mol. The van der Waals surface area contributed by atoms with Crippen LogP contribution in [-0.4, -0.2) is 9.97 Å². The van der Waals surface area contributed by atoms with Crippen molar-refractivity contribution in [2.75, 3.05) is 5.73 Å². The molecule has 0 aromatic carbocycles. The standard InChI is InChI=1S/C6H8IN3/c1-2-4-6(8)9-3-5(7)10-4/h3H,2H2,1H3,(H2,8,9). The Morgan fingerprint density at radius 3 is 2.90 bits per heavy atom. The minimum Gasteiger partial charge on any atom is -0.382 e. The van der Waals surface area contributed by atoms with Gasteiger partial charge in [0.15, 0.2) is 0 Å². The van der Waals surface area contributed by atoms with Crippen molar-refractivity contribution in [2.24, 2.45) is 0 Å². The molecule has 0 aliphatic rings. The fourth-order valence-corrected chi connectivity index (χ4v) is 1.10. The van der Waals surface area contributed by atoms with Crippen molar-refractivity contribution in [1.82, 2.24) is 9.97 Å². The molecule has 0 bridgehead atoms. The van der Waals surface area contributed by atoms with E-state index in [9.17, 15) is 0 Å². The molecule has 1 aromatic heterocycles. The highest BCUT2D eigenvalue weighted by atomic mass is 127. The number of hydrogen-bond donors (Lipinski definition) is 1. The molecule has 0 saturated carbocycles. The first-order valence-electron chi connectivity index (χ1n) is 3.01. The first-order valence-corrected chi connectivity index (χ1v) is 4.08. The molecule has 0 aliphatic carbocycles. The minimum absolute atomic E-state index is 0.544. The van der Waals surface area contributed by atoms with E-state index in [0.29, 0.717) is 5.82 Å². The number of nitrogens with two attached hydrogens (primary N) is 1. The van der Waals surface area contributed by atoms with Gasteiger partial charge in [-0.15, -0.1) is 0 Å². The van der Waals surface area contributed by atoms with Crippen molar-refractivity contribution in [3.63, 3.8) is 0 Å². The van der Waals surface area contributed by atoms with Crippen molar-refractivity contribution < 1.29 is 0 Å². The van der Waals surface area contributed by atoms with Gasteiger partial charge in [0.05, 0.1) is 11.9 Å². The van der Waals surface area contributed by atoms with Gasteiger partial charge in [-0.1, -0.05) is 6.92 Å². The molecule has 0 spiro atoms. The van der Waals surface area contributed by atoms with Crippen LogP contribution in [0.1, 0.15) is 12.6 Å². The molecule has 1 heterocycles. The summed E-state index contributed by atoms with van der Waals surface area (Å²) in [5, 5.41) is 0. The molecule has 1 rings (SSSR count). The third-order valence-electron chi connectivity index (χ3n) is 1.18. The highest BCUT2D eigenvalue weighted by Crippen LogP contribution is 2.07. The summed E-state index contributed by atoms with van der Waals surface area (Å²) in [4.78, 5) is 8.15. The van der Waals surface area contributed by atoms with Crippen LogP contribution in [0.25, 0.3) is 0 Å². The van der Waals surface area contributed by atoms with Gasteiger partial charge in [0, 0.05) is 0 Å². The van der Waals surface area contributed by atoms with Gasteiger partial charge in [-0.25, -0.2) is 9.97 Å². The molecule has 2 N–H and O–H groups in total. The average molecular weight is 249 g/mol. The zero-order valence-electron chi connectivity index (χ0n) is 5.63. The summed E-state index contributed by atoms with van der Waals surface area (Å²) in [6, 6.07) is 0. The van der Waals surface area contributed by atoms with E-state index in [0.717, 1.165) is 15.8 Å². The molecule has 1 aromatic rings. The Kier molecular flexibility index (Phi) is 2.42. The molecular formula is C6H8IN3. The molecule has 54 valence electrons. The van der Waals surface area contributed by atoms with Gasteiger partial charge in [0.2, 0.25) is 0 Å². The van der Waals surface area contributed by atoms with Crippen LogP contribution >= 0.6 is 22.6 Å². The Hall–Kier alpha value is -0.390. The molecule has 0 unspecified atom stereocenters. The second kappa shape index (κ2) is 3.14. The molecule has 10 heavy (non-hydrogen) atoms. The number of rotatable bonds is 1. The van der Waals surface area contributed by atoms with Crippen molar-refractivity contribution >= 4 is 28.4 Å². The Balaban J connectivity index is 3.09. The zero-order valence-corrected chi connectivity index (χ0v) is 7.79. The molecular weight excluding hydrogens is 241 g/mol. The summed E-state index contributed by atoms with van der Waals surface area (Å²) in [6.07, 6.45) is 2.50. The molecule has 0 radical (unpaired) electrons. The molecule has 4 heteroatoms. The van der Waals surface area contributed by atoms with Gasteiger partial charge in [-0.3, -0.25) is 0 Å². The lowest BCUT2D eigenvalue weighted by atomic mass is 10.3. The fraction of sp³-hybridized carbons (Fsp3) is 0.333. The minimum atomic E-state index is 0.544. The predicted octanol–water partition coefficient (Wildman–Crippen LogP) is 1.23. The van der Waals surface area contributed by atoms with E-state index in [1.807, 2.05) is 6.92 Å². The Morgan fingerprint density at radius 2 is 2.40 bits per heavy atom. The highest BCUT2D eigenvalue weighted by molar-refractivity contribution is 14.1. The van der Waals surface area contributed by atoms with Gasteiger partial charge >= 0.3 is 0 Å². The van der Waals surface area contributed by atoms with Crippen LogP contribution in [0.3, 0.4) is 0 Å². The summed E-state index contributed by atoms with van der Waals surface area (Å²) < 4.78 is 0.892. The van der Waals surface area contributed by atoms with Crippen LogP contribution in [-0.2, 0) is 6.42 Å². The summed E-state index contributed by atoms with van der Waals surface area (Å²) in [6.45, 7) is 2.01. The lowest BCUT2D eigenvalue weighted by molar-refractivity contribution is 0.992. The molecule has 0 aliphatic heterocycles. The molecule has 0 atom stereocenters. The number of aryl methyl sites for hydroxylation is 1. The maximum atomic E-state index is 5.52. The summed E-state index contributed by atoms with van der Waals surface area (Å²) in [5.41, 5.74) is 6.40. The lowest BCUT2D eigenvalue weighted by Gasteiger charge is -1.98. The van der Waals surface area contributed by atoms with Crippen LogP contribution in [0, 0.1) is 3.70 Å². The molecule has 0 fully saturated rings. The van der Waals surface area contributed by atoms with Crippen molar-refractivity contribution in [2.45, 2.75) is 13.3 Å². The summed E-state index contributed by atoms with van der Waals surface area (Å²) in [7, 11) is 0. The largest absolute Gasteiger partial charge is 0.382 e. The van der Waals surface area contributed by atoms with Crippen LogP contribution in [0.2, 0.25) is 0 Å². The number of aromatic nitrogens is 2. The van der Waals surface area contributed by atoms with E-state index < -0.39 is 0 Å². The van der Waals surface area contributed by atoms with Crippen molar-refractivity contribution in [3.05, 3.63) is 15.6 Å². The SMILES string of the molecule is CCc1nc(I)cnc1N. The summed E-state index contributed by atoms with van der Waals surface area (Å²) in [5.74, 6) is 0.544. The molecule has 3 nitrogen and oxygen atoms in total. The van der Waals surface area contributed by atoms with E-state index >= 15 is 0 Å². The number of halogens is 1. The van der Waals surface area contributed by atoms with Crippen molar-refractivity contribution in [3.8, 4) is 0 Å². The van der Waals surface area contributed by atoms with Crippen LogP contribution in [0.4, 0.5) is 5.82 Å². The number of anilines is 1. The normalized spacial score (nSPS) is 9.80. The molecule has 0 saturated heterocycles. The second-order valence-electron chi connectivity index (χ2n) is 1.88. The van der Waals surface area contributed by atoms with Gasteiger partial charge < -0.3 is 5.73 Å². The topological polar surface area (TPSA) is 51.8 Å². The van der Waals surface area contributed by atoms with E-state index in [4.69, 9.17) is 5.73 Å². The smallest absolute Gasteiger partial charge is 0.145 e. The van der Waals surface area contributed by atoms with Gasteiger partial charge in [-0.05, 0) is 29.0 Å². The summed E-state index contributed by atoms with van der Waals surface area (Å²) >= 11 is 2.12. The Morgan fingerprint density at radius 1 is 1.70 bits per heavy atom. The maximum absolute atomic E-state index is 5.52. The van der Waals surface area contributed by atoms with E-state index in [1.54, 1.807) is 6.20 Å². The quantitative estimate of drug-likeness (QED) is 0.761. The van der Waals surface area contributed by atoms with Crippen LogP contribution < -0.4 is 5.73 Å². The third kappa shape index (κ3) is 1.56. The van der Waals surface area contributed by atoms with E-state index in [2.05, 4.69) is 32.6 Å². The first-order chi connectivity index (χ1) is 4.74. The van der Waals surface area contributed by atoms with E-state index in [-0.39, 0.29) is 0 Å². The third-order valence-corrected chi connectivity index (χ3v) is 1.70. The highest BCUT2D eigenvalue weighted by Gasteiger charge is 1.98. The zero-order chi connectivity index (χ0) is 7.56. The maximum Gasteiger partial charge on any atom is 0.145 e. The Bertz CT molecular complexity index is 236. The second-order valence-corrected chi connectivity index (χ2v) is 2.98. The number of nitrogens with zero attached hydrogens (tertiary/aromatic N) is 2. The van der Waals surface area contributed by atoms with Gasteiger partial charge in [0.1, 0.15) is 9.52 Å². The average Bonchev–Trinajstić information content (AvgIpc) is 1.94. The van der Waals surface area contributed by atoms with Crippen LogP contribution in [0.15, 0.2) is 6.20 Å². The fourth-order valence-electron chi connectivity index (χ4n) is 0.673.